The van der Waals surface area contributed by atoms with Crippen LogP contribution < -0.4 is 0 Å². The van der Waals surface area contributed by atoms with Crippen molar-refractivity contribution >= 4 is 0 Å². The Bertz CT molecular complexity index is 635. The molecule has 2 aromatic rings. The topological polar surface area (TPSA) is 20.2 Å². The average molecular weight is 294 g/mol. The lowest BCUT2D eigenvalue weighted by atomic mass is 9.85. The summed E-state index contributed by atoms with van der Waals surface area (Å²) in [5.74, 6) is 0.0581. The molecule has 2 aromatic carbocycles. The van der Waals surface area contributed by atoms with Crippen LogP contribution >= 0.6 is 0 Å². The maximum atomic E-state index is 12.6. The second-order valence-corrected chi connectivity index (χ2v) is 6.06. The van der Waals surface area contributed by atoms with Crippen molar-refractivity contribution in [1.29, 1.82) is 0 Å². The summed E-state index contributed by atoms with van der Waals surface area (Å²) in [6, 6.07) is 10.0. The Labute approximate surface area is 122 Å². The predicted molar refractivity (Wildman–Crippen MR) is 77.2 cm³/mol. The second kappa shape index (κ2) is 5.10. The fourth-order valence-corrected chi connectivity index (χ4v) is 2.07. The standard InChI is InChI=1S/C17H17F3O/c1-16(2,3)13-8-9-15(21)14(10-13)11-4-6-12(7-5-11)17(18,19)20/h4-10,21H,1-3H3. The number of halogens is 3. The molecule has 0 aliphatic rings. The Morgan fingerprint density at radius 2 is 1.33 bits per heavy atom. The number of benzene rings is 2. The van der Waals surface area contributed by atoms with Crippen molar-refractivity contribution in [2.45, 2.75) is 32.4 Å². The Morgan fingerprint density at radius 3 is 1.81 bits per heavy atom. The zero-order valence-electron chi connectivity index (χ0n) is 12.1. The van der Waals surface area contributed by atoms with E-state index in [0.717, 1.165) is 17.7 Å². The van der Waals surface area contributed by atoms with Crippen molar-refractivity contribution in [3.8, 4) is 16.9 Å². The van der Waals surface area contributed by atoms with Crippen LogP contribution in [0.1, 0.15) is 31.9 Å². The first-order chi connectivity index (χ1) is 9.59. The maximum absolute atomic E-state index is 12.6. The van der Waals surface area contributed by atoms with E-state index in [1.807, 2.05) is 32.9 Å². The van der Waals surface area contributed by atoms with Gasteiger partial charge in [-0.25, -0.2) is 0 Å². The quantitative estimate of drug-likeness (QED) is 0.749. The zero-order chi connectivity index (χ0) is 15.8. The van der Waals surface area contributed by atoms with E-state index in [-0.39, 0.29) is 11.2 Å². The van der Waals surface area contributed by atoms with E-state index in [4.69, 9.17) is 0 Å². The molecule has 1 N–H and O–H groups in total. The van der Waals surface area contributed by atoms with Gasteiger partial charge in [0.1, 0.15) is 5.75 Å². The fraction of sp³-hybridized carbons (Fsp3) is 0.294. The van der Waals surface area contributed by atoms with Gasteiger partial charge in [0.05, 0.1) is 5.56 Å². The molecule has 0 spiro atoms. The lowest BCUT2D eigenvalue weighted by Gasteiger charge is -2.20. The molecule has 0 aliphatic carbocycles. The van der Waals surface area contributed by atoms with Gasteiger partial charge in [-0.2, -0.15) is 13.2 Å². The Kier molecular flexibility index (Phi) is 3.74. The second-order valence-electron chi connectivity index (χ2n) is 6.06. The summed E-state index contributed by atoms with van der Waals surface area (Å²) in [5.41, 5.74) is 1.31. The van der Waals surface area contributed by atoms with Gasteiger partial charge in [-0.15, -0.1) is 0 Å². The highest BCUT2D eigenvalue weighted by Gasteiger charge is 2.30. The molecule has 1 nitrogen and oxygen atoms in total. The highest BCUT2D eigenvalue weighted by atomic mass is 19.4. The molecule has 0 heterocycles. The minimum absolute atomic E-state index is 0.0581. The van der Waals surface area contributed by atoms with Gasteiger partial charge in [0.25, 0.3) is 0 Å². The molecule has 21 heavy (non-hydrogen) atoms. The van der Waals surface area contributed by atoms with Gasteiger partial charge in [0.2, 0.25) is 0 Å². The van der Waals surface area contributed by atoms with Gasteiger partial charge in [-0.3, -0.25) is 0 Å². The monoisotopic (exact) mass is 294 g/mol. The maximum Gasteiger partial charge on any atom is 0.416 e. The van der Waals surface area contributed by atoms with E-state index >= 15 is 0 Å². The SMILES string of the molecule is CC(C)(C)c1ccc(O)c(-c2ccc(C(F)(F)F)cc2)c1. The molecular formula is C17H17F3O. The van der Waals surface area contributed by atoms with Crippen molar-refractivity contribution < 1.29 is 18.3 Å². The van der Waals surface area contributed by atoms with Gasteiger partial charge < -0.3 is 5.11 Å². The normalized spacial score (nSPS) is 12.5. The highest BCUT2D eigenvalue weighted by Crippen LogP contribution is 2.36. The van der Waals surface area contributed by atoms with Crippen molar-refractivity contribution in [1.82, 2.24) is 0 Å². The summed E-state index contributed by atoms with van der Waals surface area (Å²) in [6.07, 6.45) is -4.35. The van der Waals surface area contributed by atoms with Crippen LogP contribution in [0, 0.1) is 0 Å². The number of aromatic hydroxyl groups is 1. The summed E-state index contributed by atoms with van der Waals surface area (Å²) in [5, 5.41) is 9.96. The fourth-order valence-electron chi connectivity index (χ4n) is 2.07. The molecule has 0 atom stereocenters. The largest absolute Gasteiger partial charge is 0.507 e. The van der Waals surface area contributed by atoms with Crippen LogP contribution in [0.4, 0.5) is 13.2 Å². The van der Waals surface area contributed by atoms with Crippen LogP contribution in [0.25, 0.3) is 11.1 Å². The van der Waals surface area contributed by atoms with Crippen LogP contribution in [0.3, 0.4) is 0 Å². The van der Waals surface area contributed by atoms with E-state index in [1.165, 1.54) is 12.1 Å². The van der Waals surface area contributed by atoms with E-state index in [9.17, 15) is 18.3 Å². The van der Waals surface area contributed by atoms with Crippen LogP contribution in [0.2, 0.25) is 0 Å². The number of alkyl halides is 3. The van der Waals surface area contributed by atoms with E-state index in [2.05, 4.69) is 0 Å². The molecule has 4 heteroatoms. The third-order valence-corrected chi connectivity index (χ3v) is 3.39. The van der Waals surface area contributed by atoms with Gasteiger partial charge in [0.15, 0.2) is 0 Å². The van der Waals surface area contributed by atoms with Gasteiger partial charge in [-0.1, -0.05) is 39.0 Å². The smallest absolute Gasteiger partial charge is 0.416 e. The van der Waals surface area contributed by atoms with E-state index in [1.54, 1.807) is 6.07 Å². The van der Waals surface area contributed by atoms with Crippen LogP contribution in [-0.4, -0.2) is 5.11 Å². The summed E-state index contributed by atoms with van der Waals surface area (Å²) in [6.45, 7) is 6.11. The van der Waals surface area contributed by atoms with E-state index < -0.39 is 11.7 Å². The molecule has 0 bridgehead atoms. The third-order valence-electron chi connectivity index (χ3n) is 3.39. The molecule has 112 valence electrons. The van der Waals surface area contributed by atoms with Crippen molar-refractivity contribution in [2.75, 3.05) is 0 Å². The molecule has 0 aromatic heterocycles. The zero-order valence-corrected chi connectivity index (χ0v) is 12.1. The van der Waals surface area contributed by atoms with Gasteiger partial charge in [0, 0.05) is 5.56 Å². The Balaban J connectivity index is 2.47. The molecule has 0 fully saturated rings. The van der Waals surface area contributed by atoms with E-state index in [0.29, 0.717) is 11.1 Å². The summed E-state index contributed by atoms with van der Waals surface area (Å²) < 4.78 is 37.7. The molecule has 0 amide bonds. The number of hydrogen-bond donors (Lipinski definition) is 1. The molecule has 2 rings (SSSR count). The lowest BCUT2D eigenvalue weighted by molar-refractivity contribution is -0.137. The van der Waals surface area contributed by atoms with Crippen molar-refractivity contribution in [3.63, 3.8) is 0 Å². The summed E-state index contributed by atoms with van der Waals surface area (Å²) in [7, 11) is 0. The summed E-state index contributed by atoms with van der Waals surface area (Å²) >= 11 is 0. The summed E-state index contributed by atoms with van der Waals surface area (Å²) in [4.78, 5) is 0. The first-order valence-electron chi connectivity index (χ1n) is 6.60. The molecule has 0 saturated heterocycles. The predicted octanol–water partition coefficient (Wildman–Crippen LogP) is 5.38. The average Bonchev–Trinajstić information content (AvgIpc) is 2.37. The highest BCUT2D eigenvalue weighted by molar-refractivity contribution is 5.71. The molecular weight excluding hydrogens is 277 g/mol. The minimum Gasteiger partial charge on any atom is -0.507 e. The minimum atomic E-state index is -4.35. The number of rotatable bonds is 1. The molecule has 0 saturated carbocycles. The van der Waals surface area contributed by atoms with Gasteiger partial charge >= 0.3 is 6.18 Å². The van der Waals surface area contributed by atoms with Crippen molar-refractivity contribution in [3.05, 3.63) is 53.6 Å². The lowest BCUT2D eigenvalue weighted by Crippen LogP contribution is -2.10. The third kappa shape index (κ3) is 3.38. The number of phenols is 1. The Morgan fingerprint density at radius 1 is 0.810 bits per heavy atom. The number of hydrogen-bond acceptors (Lipinski definition) is 1. The van der Waals surface area contributed by atoms with Crippen LogP contribution in [0.15, 0.2) is 42.5 Å². The molecule has 0 aliphatic heterocycles. The molecule has 0 unspecified atom stereocenters. The van der Waals surface area contributed by atoms with Crippen molar-refractivity contribution in [2.24, 2.45) is 0 Å². The first-order valence-corrected chi connectivity index (χ1v) is 6.60. The Hall–Kier alpha value is -1.97. The van der Waals surface area contributed by atoms with Crippen LogP contribution in [-0.2, 0) is 11.6 Å². The molecule has 0 radical (unpaired) electrons. The van der Waals surface area contributed by atoms with Gasteiger partial charge in [-0.05, 0) is 40.8 Å². The number of phenolic OH excluding ortho intramolecular Hbond substituents is 1. The van der Waals surface area contributed by atoms with Crippen LogP contribution in [0.5, 0.6) is 5.75 Å². The first kappa shape index (κ1) is 15.4.